The third kappa shape index (κ3) is 3.68. The van der Waals surface area contributed by atoms with Crippen molar-refractivity contribution < 1.29 is 4.79 Å². The van der Waals surface area contributed by atoms with E-state index in [4.69, 9.17) is 4.98 Å². The van der Waals surface area contributed by atoms with Crippen molar-refractivity contribution in [2.24, 2.45) is 0 Å². The van der Waals surface area contributed by atoms with Gasteiger partial charge in [-0.25, -0.2) is 9.97 Å². The van der Waals surface area contributed by atoms with Gasteiger partial charge in [0.1, 0.15) is 17.3 Å². The number of para-hydroxylation sites is 1. The zero-order valence-corrected chi connectivity index (χ0v) is 16.6. The number of fused-ring (bicyclic) bond motifs is 1. The lowest BCUT2D eigenvalue weighted by atomic mass is 10.1. The first kappa shape index (κ1) is 18.4. The van der Waals surface area contributed by atoms with Crippen molar-refractivity contribution in [3.8, 4) is 0 Å². The van der Waals surface area contributed by atoms with E-state index in [1.165, 1.54) is 0 Å². The van der Waals surface area contributed by atoms with Crippen LogP contribution in [0.2, 0.25) is 0 Å². The topological polar surface area (TPSA) is 61.4 Å². The van der Waals surface area contributed by atoms with E-state index in [1.54, 1.807) is 0 Å². The van der Waals surface area contributed by atoms with E-state index < -0.39 is 0 Å². The first-order chi connectivity index (χ1) is 13.5. The van der Waals surface area contributed by atoms with Crippen molar-refractivity contribution in [1.82, 2.24) is 14.9 Å². The number of piperazine rings is 1. The van der Waals surface area contributed by atoms with Gasteiger partial charge in [-0.15, -0.1) is 0 Å². The molecular formula is C22H25N5O. The number of amides is 1. The van der Waals surface area contributed by atoms with Gasteiger partial charge in [-0.3, -0.25) is 4.79 Å². The molecule has 6 heteroatoms. The second kappa shape index (κ2) is 7.56. The Morgan fingerprint density at radius 3 is 2.50 bits per heavy atom. The molecule has 0 atom stereocenters. The third-order valence-corrected chi connectivity index (χ3v) is 5.27. The molecule has 28 heavy (non-hydrogen) atoms. The van der Waals surface area contributed by atoms with Crippen LogP contribution in [0.15, 0.2) is 42.5 Å². The molecule has 1 aliphatic rings. The number of carbonyl (C=O) groups is 1. The maximum Gasteiger partial charge on any atom is 0.275 e. The molecular weight excluding hydrogens is 350 g/mol. The summed E-state index contributed by atoms with van der Waals surface area (Å²) in [5, 5.41) is 3.98. The Hall–Kier alpha value is -2.99. The Morgan fingerprint density at radius 1 is 0.964 bits per heavy atom. The van der Waals surface area contributed by atoms with E-state index in [0.29, 0.717) is 11.5 Å². The second-order valence-corrected chi connectivity index (χ2v) is 7.42. The first-order valence-corrected chi connectivity index (χ1v) is 9.60. The molecule has 4 rings (SSSR count). The van der Waals surface area contributed by atoms with Gasteiger partial charge in [-0.2, -0.15) is 0 Å². The minimum Gasteiger partial charge on any atom is -0.354 e. The van der Waals surface area contributed by atoms with Crippen LogP contribution in [0.1, 0.15) is 21.6 Å². The number of anilines is 2. The average molecular weight is 375 g/mol. The number of hydrogen-bond acceptors (Lipinski definition) is 5. The molecule has 3 heterocycles. The molecule has 144 valence electrons. The van der Waals surface area contributed by atoms with Gasteiger partial charge < -0.3 is 15.1 Å². The van der Waals surface area contributed by atoms with E-state index >= 15 is 0 Å². The zero-order valence-electron chi connectivity index (χ0n) is 16.6. The molecule has 0 spiro atoms. The lowest BCUT2D eigenvalue weighted by Gasteiger charge is -2.34. The number of benzene rings is 1. The Balaban J connectivity index is 1.57. The predicted octanol–water partition coefficient (Wildman–Crippen LogP) is 3.25. The number of aromatic nitrogens is 2. The monoisotopic (exact) mass is 375 g/mol. The van der Waals surface area contributed by atoms with Crippen LogP contribution in [-0.4, -0.2) is 54.0 Å². The number of carbonyl (C=O) groups excluding carboxylic acids is 1. The Morgan fingerprint density at radius 2 is 1.71 bits per heavy atom. The van der Waals surface area contributed by atoms with Crippen molar-refractivity contribution in [3.63, 3.8) is 0 Å². The van der Waals surface area contributed by atoms with Crippen molar-refractivity contribution in [3.05, 3.63) is 59.3 Å². The van der Waals surface area contributed by atoms with Crippen molar-refractivity contribution >= 4 is 28.4 Å². The molecule has 0 bridgehead atoms. The summed E-state index contributed by atoms with van der Waals surface area (Å²) in [5.41, 5.74) is 3.37. The molecule has 1 amide bonds. The summed E-state index contributed by atoms with van der Waals surface area (Å²) in [6, 6.07) is 13.5. The Labute approximate surface area is 165 Å². The number of hydrogen-bond donors (Lipinski definition) is 1. The van der Waals surface area contributed by atoms with E-state index in [0.717, 1.165) is 54.0 Å². The largest absolute Gasteiger partial charge is 0.354 e. The highest BCUT2D eigenvalue weighted by Crippen LogP contribution is 2.22. The summed E-state index contributed by atoms with van der Waals surface area (Å²) in [6.07, 6.45) is 0. The standard InChI is InChI=1S/C22H25N5O/c1-15-8-9-20(24-21(15)27-12-10-26(3)11-13-27)25-22(28)19-14-16(2)17-6-4-5-7-18(17)23-19/h4-9,14H,10-13H2,1-3H3,(H,24,25,28). The summed E-state index contributed by atoms with van der Waals surface area (Å²) < 4.78 is 0. The van der Waals surface area contributed by atoms with Gasteiger partial charge in [0.25, 0.3) is 5.91 Å². The number of nitrogens with one attached hydrogen (secondary N) is 1. The minimum atomic E-state index is -0.241. The Kier molecular flexibility index (Phi) is 4.96. The van der Waals surface area contributed by atoms with Crippen LogP contribution in [0.25, 0.3) is 10.9 Å². The van der Waals surface area contributed by atoms with E-state index in [1.807, 2.05) is 49.4 Å². The van der Waals surface area contributed by atoms with Crippen LogP contribution in [0.5, 0.6) is 0 Å². The molecule has 0 unspecified atom stereocenters. The van der Waals surface area contributed by atoms with Gasteiger partial charge in [0.2, 0.25) is 0 Å². The van der Waals surface area contributed by atoms with Crippen molar-refractivity contribution in [1.29, 1.82) is 0 Å². The Bertz CT molecular complexity index is 1020. The molecule has 0 aliphatic carbocycles. The van der Waals surface area contributed by atoms with Gasteiger partial charge in [0.15, 0.2) is 0 Å². The summed E-state index contributed by atoms with van der Waals surface area (Å²) in [6.45, 7) is 7.95. The maximum atomic E-state index is 12.8. The van der Waals surface area contributed by atoms with Crippen LogP contribution in [0, 0.1) is 13.8 Å². The number of rotatable bonds is 3. The van der Waals surface area contributed by atoms with Crippen molar-refractivity contribution in [2.75, 3.05) is 43.4 Å². The zero-order chi connectivity index (χ0) is 19.7. The number of aryl methyl sites for hydroxylation is 2. The summed E-state index contributed by atoms with van der Waals surface area (Å²) in [7, 11) is 2.13. The molecule has 0 saturated carbocycles. The highest BCUT2D eigenvalue weighted by molar-refractivity contribution is 6.04. The molecule has 2 aromatic heterocycles. The van der Waals surface area contributed by atoms with Gasteiger partial charge in [-0.1, -0.05) is 24.3 Å². The highest BCUT2D eigenvalue weighted by Gasteiger charge is 2.18. The molecule has 6 nitrogen and oxygen atoms in total. The van der Waals surface area contributed by atoms with Gasteiger partial charge in [0, 0.05) is 31.6 Å². The van der Waals surface area contributed by atoms with E-state index in [9.17, 15) is 4.79 Å². The molecule has 0 radical (unpaired) electrons. The summed E-state index contributed by atoms with van der Waals surface area (Å²) >= 11 is 0. The third-order valence-electron chi connectivity index (χ3n) is 5.27. The van der Waals surface area contributed by atoms with Gasteiger partial charge >= 0.3 is 0 Å². The second-order valence-electron chi connectivity index (χ2n) is 7.42. The van der Waals surface area contributed by atoms with Crippen LogP contribution in [0.3, 0.4) is 0 Å². The fraction of sp³-hybridized carbons (Fsp3) is 0.318. The fourth-order valence-electron chi connectivity index (χ4n) is 3.57. The highest BCUT2D eigenvalue weighted by atomic mass is 16.1. The van der Waals surface area contributed by atoms with Gasteiger partial charge in [0.05, 0.1) is 5.52 Å². The normalized spacial score (nSPS) is 15.0. The van der Waals surface area contributed by atoms with Crippen LogP contribution in [0.4, 0.5) is 11.6 Å². The molecule has 1 aromatic carbocycles. The lowest BCUT2D eigenvalue weighted by Crippen LogP contribution is -2.45. The SMILES string of the molecule is Cc1ccc(NC(=O)c2cc(C)c3ccccc3n2)nc1N1CCN(C)CC1. The predicted molar refractivity (Wildman–Crippen MR) is 113 cm³/mol. The molecule has 1 fully saturated rings. The number of pyridine rings is 2. The number of nitrogens with zero attached hydrogens (tertiary/aromatic N) is 4. The quantitative estimate of drug-likeness (QED) is 0.761. The minimum absolute atomic E-state index is 0.241. The molecule has 1 saturated heterocycles. The lowest BCUT2D eigenvalue weighted by molar-refractivity contribution is 0.102. The smallest absolute Gasteiger partial charge is 0.275 e. The average Bonchev–Trinajstić information content (AvgIpc) is 2.70. The first-order valence-electron chi connectivity index (χ1n) is 9.60. The van der Waals surface area contributed by atoms with Crippen LogP contribution in [-0.2, 0) is 0 Å². The van der Waals surface area contributed by atoms with Crippen molar-refractivity contribution in [2.45, 2.75) is 13.8 Å². The van der Waals surface area contributed by atoms with Crippen LogP contribution < -0.4 is 10.2 Å². The van der Waals surface area contributed by atoms with Gasteiger partial charge in [-0.05, 0) is 50.2 Å². The summed E-state index contributed by atoms with van der Waals surface area (Å²) in [4.78, 5) is 26.6. The fourth-order valence-corrected chi connectivity index (χ4v) is 3.57. The molecule has 1 aliphatic heterocycles. The molecule has 3 aromatic rings. The maximum absolute atomic E-state index is 12.8. The number of likely N-dealkylation sites (N-methyl/N-ethyl adjacent to an activating group) is 1. The van der Waals surface area contributed by atoms with Crippen LogP contribution >= 0.6 is 0 Å². The molecule has 1 N–H and O–H groups in total. The van der Waals surface area contributed by atoms with E-state index in [2.05, 4.69) is 34.1 Å². The van der Waals surface area contributed by atoms with E-state index in [-0.39, 0.29) is 5.91 Å². The summed E-state index contributed by atoms with van der Waals surface area (Å²) in [5.74, 6) is 1.25.